The van der Waals surface area contributed by atoms with Crippen molar-refractivity contribution in [2.24, 2.45) is 5.92 Å². The molecule has 0 N–H and O–H groups in total. The summed E-state index contributed by atoms with van der Waals surface area (Å²) >= 11 is 0. The van der Waals surface area contributed by atoms with Crippen molar-refractivity contribution in [1.82, 2.24) is 4.90 Å². The van der Waals surface area contributed by atoms with Gasteiger partial charge in [0.05, 0.1) is 18.6 Å². The third-order valence-electron chi connectivity index (χ3n) is 5.59. The number of likely N-dealkylation sites (tertiary alicyclic amines) is 1. The van der Waals surface area contributed by atoms with E-state index in [1.165, 1.54) is 0 Å². The molecule has 1 aliphatic heterocycles. The van der Waals surface area contributed by atoms with Crippen molar-refractivity contribution in [3.05, 3.63) is 0 Å². The van der Waals surface area contributed by atoms with Crippen LogP contribution < -0.4 is 0 Å². The summed E-state index contributed by atoms with van der Waals surface area (Å²) in [5.41, 5.74) is -0.563. The van der Waals surface area contributed by atoms with Crippen LogP contribution in [0.2, 0.25) is 18.1 Å². The molecule has 0 aliphatic carbocycles. The maximum absolute atomic E-state index is 12.8. The molecular weight excluding hydrogens is 374 g/mol. The molecule has 1 aliphatic rings. The van der Waals surface area contributed by atoms with E-state index in [0.717, 1.165) is 6.42 Å². The van der Waals surface area contributed by atoms with Gasteiger partial charge in [0.25, 0.3) is 0 Å². The maximum atomic E-state index is 12.8. The zero-order chi connectivity index (χ0) is 21.9. The highest BCUT2D eigenvalue weighted by Crippen LogP contribution is 2.39. The molecule has 0 bridgehead atoms. The van der Waals surface area contributed by atoms with E-state index in [1.54, 1.807) is 11.8 Å². The van der Waals surface area contributed by atoms with Crippen LogP contribution >= 0.6 is 0 Å². The second-order valence-corrected chi connectivity index (χ2v) is 15.2. The molecule has 1 saturated heterocycles. The van der Waals surface area contributed by atoms with Gasteiger partial charge in [-0.3, -0.25) is 4.79 Å². The molecule has 1 rings (SSSR count). The Morgan fingerprint density at radius 2 is 1.71 bits per heavy atom. The molecule has 1 fully saturated rings. The van der Waals surface area contributed by atoms with Crippen molar-refractivity contribution in [2.75, 3.05) is 13.2 Å². The number of carbonyl (C=O) groups excluding carboxylic acids is 2. The monoisotopic (exact) mass is 415 g/mol. The molecule has 6 nitrogen and oxygen atoms in total. The molecule has 0 aromatic carbocycles. The summed E-state index contributed by atoms with van der Waals surface area (Å²) in [6.45, 7) is 21.2. The number of esters is 1. The Hall–Kier alpha value is -1.08. The summed E-state index contributed by atoms with van der Waals surface area (Å²) in [4.78, 5) is 26.6. The first-order valence-electron chi connectivity index (χ1n) is 10.4. The summed E-state index contributed by atoms with van der Waals surface area (Å²) < 4.78 is 17.3. The number of rotatable bonds is 6. The minimum atomic E-state index is -1.96. The van der Waals surface area contributed by atoms with Crippen LogP contribution in [0, 0.1) is 5.92 Å². The third kappa shape index (κ3) is 7.06. The van der Waals surface area contributed by atoms with E-state index in [1.807, 2.05) is 27.7 Å². The topological polar surface area (TPSA) is 65.1 Å². The summed E-state index contributed by atoms with van der Waals surface area (Å²) in [6.07, 6.45) is 0.896. The number of carbonyl (C=O) groups is 2. The summed E-state index contributed by atoms with van der Waals surface area (Å²) in [6, 6.07) is -0.0935. The molecule has 0 spiro atoms. The molecule has 1 heterocycles. The molecule has 3 atom stereocenters. The van der Waals surface area contributed by atoms with E-state index in [2.05, 4.69) is 33.9 Å². The highest BCUT2D eigenvalue weighted by Gasteiger charge is 2.45. The van der Waals surface area contributed by atoms with Gasteiger partial charge in [0.15, 0.2) is 8.32 Å². The molecule has 0 saturated carbocycles. The van der Waals surface area contributed by atoms with Gasteiger partial charge in [-0.2, -0.15) is 0 Å². The van der Waals surface area contributed by atoms with E-state index < -0.39 is 13.9 Å². The number of hydrogen-bond acceptors (Lipinski definition) is 5. The fourth-order valence-electron chi connectivity index (χ4n) is 3.11. The Labute approximate surface area is 172 Å². The lowest BCUT2D eigenvalue weighted by atomic mass is 10.00. The maximum Gasteiger partial charge on any atom is 0.410 e. The molecule has 0 radical (unpaired) electrons. The van der Waals surface area contributed by atoms with Crippen LogP contribution in [-0.2, 0) is 18.7 Å². The van der Waals surface area contributed by atoms with Gasteiger partial charge in [-0.05, 0) is 58.7 Å². The van der Waals surface area contributed by atoms with E-state index >= 15 is 0 Å². The largest absolute Gasteiger partial charge is 0.466 e. The smallest absolute Gasteiger partial charge is 0.410 e. The van der Waals surface area contributed by atoms with Crippen molar-refractivity contribution in [3.8, 4) is 0 Å². The summed E-state index contributed by atoms with van der Waals surface area (Å²) in [5.74, 6) is -0.498. The van der Waals surface area contributed by atoms with Crippen LogP contribution in [0.15, 0.2) is 0 Å². The van der Waals surface area contributed by atoms with E-state index in [9.17, 15) is 9.59 Å². The van der Waals surface area contributed by atoms with Gasteiger partial charge in [0, 0.05) is 12.6 Å². The molecule has 1 amide bonds. The normalized spacial score (nSPS) is 22.1. The van der Waals surface area contributed by atoms with Crippen LogP contribution in [0.3, 0.4) is 0 Å². The van der Waals surface area contributed by atoms with Crippen LogP contribution in [0.1, 0.15) is 68.2 Å². The molecule has 7 heteroatoms. The molecule has 1 unspecified atom stereocenters. The van der Waals surface area contributed by atoms with Gasteiger partial charge < -0.3 is 18.8 Å². The van der Waals surface area contributed by atoms with Gasteiger partial charge in [-0.15, -0.1) is 0 Å². The highest BCUT2D eigenvalue weighted by molar-refractivity contribution is 6.74. The fourth-order valence-corrected chi connectivity index (χ4v) is 4.47. The van der Waals surface area contributed by atoms with Crippen LogP contribution in [0.5, 0.6) is 0 Å². The van der Waals surface area contributed by atoms with E-state index in [0.29, 0.717) is 19.6 Å². The van der Waals surface area contributed by atoms with Crippen molar-refractivity contribution in [2.45, 2.75) is 104 Å². The Balaban J connectivity index is 2.95. The highest BCUT2D eigenvalue weighted by atomic mass is 28.4. The van der Waals surface area contributed by atoms with Gasteiger partial charge in [0.2, 0.25) is 0 Å². The zero-order valence-electron chi connectivity index (χ0n) is 19.5. The van der Waals surface area contributed by atoms with Gasteiger partial charge in [-0.25, -0.2) is 4.79 Å². The number of nitrogens with zero attached hydrogens (tertiary/aromatic N) is 1. The first-order valence-corrected chi connectivity index (χ1v) is 13.3. The minimum Gasteiger partial charge on any atom is -0.466 e. The first-order chi connectivity index (χ1) is 12.6. The molecule has 0 aromatic heterocycles. The number of amides is 1. The van der Waals surface area contributed by atoms with Gasteiger partial charge >= 0.3 is 12.1 Å². The molecule has 28 heavy (non-hydrogen) atoms. The summed E-state index contributed by atoms with van der Waals surface area (Å²) in [7, 11) is -1.96. The number of ether oxygens (including phenoxy) is 2. The van der Waals surface area contributed by atoms with Gasteiger partial charge in [0.1, 0.15) is 5.60 Å². The van der Waals surface area contributed by atoms with E-state index in [4.69, 9.17) is 13.9 Å². The lowest BCUT2D eigenvalue weighted by Crippen LogP contribution is -2.45. The minimum absolute atomic E-state index is 0.0344. The Kier molecular flexibility index (Phi) is 8.16. The third-order valence-corrected chi connectivity index (χ3v) is 10.1. The lowest BCUT2D eigenvalue weighted by molar-refractivity contribution is -0.148. The Morgan fingerprint density at radius 1 is 1.14 bits per heavy atom. The average Bonchev–Trinajstić information content (AvgIpc) is 2.86. The Morgan fingerprint density at radius 3 is 2.18 bits per heavy atom. The predicted molar refractivity (Wildman–Crippen MR) is 114 cm³/mol. The fraction of sp³-hybridized carbons (Fsp3) is 0.905. The van der Waals surface area contributed by atoms with Gasteiger partial charge in [-0.1, -0.05) is 27.7 Å². The second kappa shape index (κ2) is 9.16. The van der Waals surface area contributed by atoms with Crippen molar-refractivity contribution >= 4 is 20.4 Å². The second-order valence-electron chi connectivity index (χ2n) is 10.4. The SMILES string of the molecule is CCOC(=O)C(C)C[C@@H]1C[C@@H](O[Si](C)(C)C(C)(C)C)CN1C(=O)OC(C)(C)C. The van der Waals surface area contributed by atoms with Crippen molar-refractivity contribution in [3.63, 3.8) is 0 Å². The van der Waals surface area contributed by atoms with Crippen LogP contribution in [0.4, 0.5) is 4.79 Å². The molecule has 0 aromatic rings. The van der Waals surface area contributed by atoms with Crippen LogP contribution in [0.25, 0.3) is 0 Å². The molecular formula is C21H41NO5Si. The van der Waals surface area contributed by atoms with E-state index in [-0.39, 0.29) is 35.2 Å². The summed E-state index contributed by atoms with van der Waals surface area (Å²) in [5, 5.41) is 0.0973. The van der Waals surface area contributed by atoms with Crippen molar-refractivity contribution in [1.29, 1.82) is 0 Å². The first kappa shape index (κ1) is 25.0. The quantitative estimate of drug-likeness (QED) is 0.452. The standard InChI is InChI=1S/C21H41NO5Si/c1-11-25-18(23)15(2)12-16-13-17(27-28(9,10)21(6,7)8)14-22(16)19(24)26-20(3,4)5/h15-17H,11-14H2,1-10H3/t15?,16-,17-/m1/s1. The van der Waals surface area contributed by atoms with Crippen molar-refractivity contribution < 1.29 is 23.5 Å². The zero-order valence-corrected chi connectivity index (χ0v) is 20.5. The van der Waals surface area contributed by atoms with Crippen LogP contribution in [-0.4, -0.2) is 56.2 Å². The lowest BCUT2D eigenvalue weighted by Gasteiger charge is -2.38. The Bertz CT molecular complexity index is 550. The average molecular weight is 416 g/mol. The number of hydrogen-bond donors (Lipinski definition) is 0. The predicted octanol–water partition coefficient (Wildman–Crippen LogP) is 4.98. The molecule has 164 valence electrons.